The number of carbonyl (C=O) groups excluding carboxylic acids is 2. The van der Waals surface area contributed by atoms with E-state index in [1.54, 1.807) is 0 Å². The standard InChI is InChI=1S/C44H38ClF10N7O8S2/c1-20-17-42(48,49)37-32(20)36(44(53,54)55)58-60(37)18-31(63)57-30(14-21-12-22(46)15-23(47)13-21)34-25(7-6-24(56-34)10-11-41(2,3)71(4,67)68)26-8-9-29(45)33-35(26)61(19-43(50,51)52)59-38(33)62(72(5,69)70)39(64)27-16-28(27)40(65)66/h6-9,12-13,15,20,27-28,30H,14,16-19H2,1-5H3,(H,57,63)(H,65,66)/t20-,27+,28+,30-/m0/s1. The third-order valence-electron chi connectivity index (χ3n) is 11.9. The number of carboxylic acids is 1. The molecule has 2 aliphatic rings. The van der Waals surface area contributed by atoms with E-state index in [4.69, 9.17) is 11.6 Å². The van der Waals surface area contributed by atoms with Crippen LogP contribution < -0.4 is 9.62 Å². The quantitative estimate of drug-likeness (QED) is 0.0864. The van der Waals surface area contributed by atoms with Gasteiger partial charge >= 0.3 is 18.3 Å². The highest BCUT2D eigenvalue weighted by Crippen LogP contribution is 2.52. The first-order chi connectivity index (χ1) is 33.0. The highest BCUT2D eigenvalue weighted by molar-refractivity contribution is 7.93. The lowest BCUT2D eigenvalue weighted by molar-refractivity contribution is -0.143. The second kappa shape index (κ2) is 18.3. The van der Waals surface area contributed by atoms with Crippen molar-refractivity contribution in [2.45, 2.75) is 88.1 Å². The zero-order chi connectivity index (χ0) is 53.6. The Kier molecular flexibility index (Phi) is 13.6. The fourth-order valence-corrected chi connectivity index (χ4v) is 9.74. The Morgan fingerprint density at radius 2 is 1.57 bits per heavy atom. The van der Waals surface area contributed by atoms with Crippen LogP contribution in [-0.2, 0) is 65.9 Å². The average molecular weight is 1080 g/mol. The highest BCUT2D eigenvalue weighted by Gasteiger charge is 2.54. The normalized spacial score (nSPS) is 18.3. The van der Waals surface area contributed by atoms with Crippen molar-refractivity contribution in [3.8, 4) is 23.0 Å². The monoisotopic (exact) mass is 1080 g/mol. The predicted molar refractivity (Wildman–Crippen MR) is 236 cm³/mol. The summed E-state index contributed by atoms with van der Waals surface area (Å²) in [5, 5.41) is 18.0. The van der Waals surface area contributed by atoms with Crippen LogP contribution in [0.2, 0.25) is 5.02 Å². The van der Waals surface area contributed by atoms with Crippen molar-refractivity contribution in [1.82, 2.24) is 29.9 Å². The Balaban J connectivity index is 1.50. The van der Waals surface area contributed by atoms with Crippen molar-refractivity contribution in [2.75, 3.05) is 16.8 Å². The van der Waals surface area contributed by atoms with Crippen molar-refractivity contribution in [2.24, 2.45) is 11.8 Å². The summed E-state index contributed by atoms with van der Waals surface area (Å²) in [6.45, 7) is 0.193. The molecule has 1 saturated carbocycles. The largest absolute Gasteiger partial charge is 0.481 e. The Morgan fingerprint density at radius 1 is 0.944 bits per heavy atom. The fourth-order valence-electron chi connectivity index (χ4n) is 8.36. The molecule has 2 N–H and O–H groups in total. The van der Waals surface area contributed by atoms with Gasteiger partial charge in [0.15, 0.2) is 21.3 Å². The Hall–Kier alpha value is -6.27. The van der Waals surface area contributed by atoms with Crippen LogP contribution in [0.25, 0.3) is 22.0 Å². The number of sulfone groups is 1. The van der Waals surface area contributed by atoms with E-state index in [1.807, 2.05) is 0 Å². The first-order valence-corrected chi connectivity index (χ1v) is 25.2. The molecule has 2 aliphatic carbocycles. The SMILES string of the molecule is C[C@H]1CC(F)(F)c2c1c(C(F)(F)F)nn2CC(=O)N[C@@H](Cc1cc(F)cc(F)c1)c1nc(C#CC(C)(C)S(C)(=O)=O)ccc1-c1ccc(Cl)c2c(N(C(=O)[C@@H]3C[C@H]3C(=O)O)S(C)(=O)=O)nn(CC(F)(F)F)c12. The number of benzene rings is 2. The first kappa shape index (κ1) is 53.5. The smallest absolute Gasteiger partial charge is 0.435 e. The number of amides is 2. The van der Waals surface area contributed by atoms with Crippen molar-refractivity contribution >= 4 is 66.0 Å². The summed E-state index contributed by atoms with van der Waals surface area (Å²) in [6.07, 6.45) is -11.2. The number of halogens is 11. The lowest BCUT2D eigenvalue weighted by Gasteiger charge is -2.23. The highest BCUT2D eigenvalue weighted by atomic mass is 35.5. The molecule has 0 radical (unpaired) electrons. The Bertz CT molecular complexity index is 3360. The van der Waals surface area contributed by atoms with Crippen LogP contribution in [0.5, 0.6) is 0 Å². The summed E-state index contributed by atoms with van der Waals surface area (Å²) in [4.78, 5) is 44.1. The van der Waals surface area contributed by atoms with Crippen LogP contribution in [0.15, 0.2) is 42.5 Å². The molecule has 5 aromatic rings. The minimum atomic E-state index is -5.26. The van der Waals surface area contributed by atoms with Crippen LogP contribution in [0.3, 0.4) is 0 Å². The average Bonchev–Trinajstić information content (AvgIpc) is 3.73. The second-order valence-electron chi connectivity index (χ2n) is 17.9. The van der Waals surface area contributed by atoms with Gasteiger partial charge < -0.3 is 10.4 Å². The molecule has 2 aromatic carbocycles. The van der Waals surface area contributed by atoms with E-state index in [0.717, 1.165) is 49.6 Å². The molecule has 7 rings (SSSR count). The van der Waals surface area contributed by atoms with E-state index >= 15 is 8.78 Å². The number of hydrogen-bond acceptors (Lipinski definition) is 10. The summed E-state index contributed by atoms with van der Waals surface area (Å²) in [6, 6.07) is 4.56. The molecule has 386 valence electrons. The van der Waals surface area contributed by atoms with Crippen LogP contribution in [0, 0.1) is 35.3 Å². The number of nitrogens with one attached hydrogen (secondary N) is 1. The van der Waals surface area contributed by atoms with E-state index in [0.29, 0.717) is 12.3 Å². The topological polar surface area (TPSA) is 204 Å². The van der Waals surface area contributed by atoms with Gasteiger partial charge in [-0.15, -0.1) is 0 Å². The Labute approximate surface area is 407 Å². The minimum Gasteiger partial charge on any atom is -0.481 e. The zero-order valence-corrected chi connectivity index (χ0v) is 40.2. The zero-order valence-electron chi connectivity index (χ0n) is 37.8. The fraction of sp³-hybridized carbons (Fsp3) is 0.409. The summed E-state index contributed by atoms with van der Waals surface area (Å²) >= 11 is 6.61. The summed E-state index contributed by atoms with van der Waals surface area (Å²) in [5.74, 6) is -10.6. The molecule has 0 spiro atoms. The van der Waals surface area contributed by atoms with Crippen LogP contribution in [0.4, 0.5) is 49.7 Å². The molecular weight excluding hydrogens is 1040 g/mol. The number of anilines is 1. The third kappa shape index (κ3) is 10.8. The number of aromatic nitrogens is 5. The van der Waals surface area contributed by atoms with E-state index in [2.05, 4.69) is 32.3 Å². The van der Waals surface area contributed by atoms with Gasteiger partial charge in [-0.1, -0.05) is 30.5 Å². The van der Waals surface area contributed by atoms with Gasteiger partial charge in [0, 0.05) is 35.4 Å². The Morgan fingerprint density at radius 3 is 2.12 bits per heavy atom. The van der Waals surface area contributed by atoms with E-state index < -0.39 is 172 Å². The summed E-state index contributed by atoms with van der Waals surface area (Å²) in [5.41, 5.74) is -6.28. The van der Waals surface area contributed by atoms with Gasteiger partial charge in [-0.3, -0.25) is 23.7 Å². The van der Waals surface area contributed by atoms with Crippen molar-refractivity contribution in [3.63, 3.8) is 0 Å². The van der Waals surface area contributed by atoms with Gasteiger partial charge in [0.05, 0.1) is 45.8 Å². The molecule has 72 heavy (non-hydrogen) atoms. The van der Waals surface area contributed by atoms with Gasteiger partial charge in [-0.2, -0.15) is 49.6 Å². The van der Waals surface area contributed by atoms with Gasteiger partial charge in [0.25, 0.3) is 5.92 Å². The molecule has 0 unspecified atom stereocenters. The van der Waals surface area contributed by atoms with Crippen molar-refractivity contribution < 1.29 is 80.2 Å². The number of aliphatic carboxylic acids is 1. The molecule has 1 fully saturated rings. The molecule has 2 amide bonds. The first-order valence-electron chi connectivity index (χ1n) is 21.1. The summed E-state index contributed by atoms with van der Waals surface area (Å²) < 4.78 is 197. The molecule has 4 atom stereocenters. The molecule has 3 aromatic heterocycles. The molecular formula is C44H38ClF10N7O8S2. The molecule has 15 nitrogen and oxygen atoms in total. The maximum Gasteiger partial charge on any atom is 0.435 e. The number of rotatable bonds is 13. The minimum absolute atomic E-state index is 0.00882. The number of carbonyl (C=O) groups is 3. The van der Waals surface area contributed by atoms with Crippen molar-refractivity contribution in [3.05, 3.63) is 93.0 Å². The van der Waals surface area contributed by atoms with Gasteiger partial charge in [0.2, 0.25) is 21.8 Å². The predicted octanol–water partition coefficient (Wildman–Crippen LogP) is 7.69. The maximum absolute atomic E-state index is 15.4. The lowest BCUT2D eigenvalue weighted by Crippen LogP contribution is -2.38. The van der Waals surface area contributed by atoms with Crippen LogP contribution in [-0.4, -0.2) is 87.7 Å². The van der Waals surface area contributed by atoms with Gasteiger partial charge in [0.1, 0.15) is 40.9 Å². The number of pyridine rings is 1. The molecule has 0 saturated heterocycles. The van der Waals surface area contributed by atoms with Crippen LogP contribution in [0.1, 0.15) is 79.5 Å². The molecule has 3 heterocycles. The number of nitrogens with zero attached hydrogens (tertiary/aromatic N) is 6. The van der Waals surface area contributed by atoms with Crippen molar-refractivity contribution in [1.29, 1.82) is 0 Å². The number of hydrogen-bond donors (Lipinski definition) is 2. The van der Waals surface area contributed by atoms with E-state index in [1.165, 1.54) is 13.8 Å². The number of carboxylic acid groups (broad SMARTS) is 1. The number of alkyl halides is 8. The maximum atomic E-state index is 15.4. The number of sulfonamides is 1. The molecule has 0 aliphatic heterocycles. The number of fused-ring (bicyclic) bond motifs is 2. The lowest BCUT2D eigenvalue weighted by atomic mass is 9.93. The van der Waals surface area contributed by atoms with Crippen LogP contribution >= 0.6 is 11.6 Å². The van der Waals surface area contributed by atoms with Gasteiger partial charge in [-0.05, 0) is 74.4 Å². The van der Waals surface area contributed by atoms with Gasteiger partial charge in [-0.25, -0.2) is 30.6 Å². The molecule has 28 heteroatoms. The van der Waals surface area contributed by atoms with E-state index in [9.17, 15) is 71.4 Å². The van der Waals surface area contributed by atoms with E-state index in [-0.39, 0.29) is 36.9 Å². The summed E-state index contributed by atoms with van der Waals surface area (Å²) in [7, 11) is -8.79. The second-order valence-corrected chi connectivity index (χ2v) is 22.7. The molecule has 0 bridgehead atoms. The third-order valence-corrected chi connectivity index (χ3v) is 15.2.